The van der Waals surface area contributed by atoms with Gasteiger partial charge < -0.3 is 9.47 Å². The molecule has 10 nitrogen and oxygen atoms in total. The third-order valence-corrected chi connectivity index (χ3v) is 7.16. The van der Waals surface area contributed by atoms with Crippen LogP contribution in [0.3, 0.4) is 0 Å². The Hall–Kier alpha value is -3.08. The van der Waals surface area contributed by atoms with Crippen LogP contribution < -0.4 is 16.7 Å². The van der Waals surface area contributed by atoms with Crippen LogP contribution >= 0.6 is 0 Å². The number of ketones is 1. The molecule has 1 aliphatic rings. The van der Waals surface area contributed by atoms with Gasteiger partial charge in [-0.2, -0.15) is 0 Å². The number of hydrazine groups is 1. The van der Waals surface area contributed by atoms with Crippen LogP contribution in [0.4, 0.5) is 0 Å². The maximum atomic E-state index is 14.5. The van der Waals surface area contributed by atoms with Crippen molar-refractivity contribution in [3.8, 4) is 0 Å². The lowest BCUT2D eigenvalue weighted by Gasteiger charge is -2.42. The Kier molecular flexibility index (Phi) is 13.6. The molecule has 10 heteroatoms. The minimum Gasteiger partial charge on any atom is -0.455 e. The van der Waals surface area contributed by atoms with Crippen LogP contribution in [0, 0.1) is 29.1 Å². The number of Topliss-reactive ketones (excluding diaryl/α,β-unsaturated/α-hetero) is 1. The van der Waals surface area contributed by atoms with Crippen molar-refractivity contribution in [3.63, 3.8) is 0 Å². The molecule has 1 saturated heterocycles. The molecule has 0 bridgehead atoms. The van der Waals surface area contributed by atoms with E-state index in [4.69, 9.17) is 20.2 Å². The molecule has 228 valence electrons. The highest BCUT2D eigenvalue weighted by atomic mass is 16.8. The van der Waals surface area contributed by atoms with Crippen molar-refractivity contribution in [1.29, 1.82) is 0 Å². The SMILES string of the molecule is CC(=O)O[C@H](C)C(=O)C(/C=C/c1ccccc1)(CC(C)C)[C@@H](C(=O)NOC1CCCCO1)[C@@H](CC(C)C)C(=O)NN. The van der Waals surface area contributed by atoms with Gasteiger partial charge in [0, 0.05) is 20.0 Å². The quantitative estimate of drug-likeness (QED) is 0.123. The number of ether oxygens (including phenoxy) is 2. The van der Waals surface area contributed by atoms with Gasteiger partial charge >= 0.3 is 5.97 Å². The predicted molar refractivity (Wildman–Crippen MR) is 155 cm³/mol. The summed E-state index contributed by atoms with van der Waals surface area (Å²) >= 11 is 0. The molecule has 2 rings (SSSR count). The van der Waals surface area contributed by atoms with Crippen molar-refractivity contribution >= 4 is 29.6 Å². The van der Waals surface area contributed by atoms with E-state index in [0.29, 0.717) is 13.0 Å². The largest absolute Gasteiger partial charge is 0.455 e. The molecule has 0 spiro atoms. The van der Waals surface area contributed by atoms with Crippen molar-refractivity contribution in [2.24, 2.45) is 34.9 Å². The summed E-state index contributed by atoms with van der Waals surface area (Å²) in [4.78, 5) is 59.6. The second kappa shape index (κ2) is 16.4. The third-order valence-electron chi connectivity index (χ3n) is 7.16. The molecule has 41 heavy (non-hydrogen) atoms. The second-order valence-corrected chi connectivity index (χ2v) is 11.6. The Morgan fingerprint density at radius 3 is 2.27 bits per heavy atom. The summed E-state index contributed by atoms with van der Waals surface area (Å²) in [6.45, 7) is 10.9. The maximum absolute atomic E-state index is 14.5. The summed E-state index contributed by atoms with van der Waals surface area (Å²) < 4.78 is 11.0. The molecule has 5 atom stereocenters. The van der Waals surface area contributed by atoms with Gasteiger partial charge in [-0.1, -0.05) is 70.2 Å². The number of esters is 1. The van der Waals surface area contributed by atoms with Crippen molar-refractivity contribution in [1.82, 2.24) is 10.9 Å². The average Bonchev–Trinajstić information content (AvgIpc) is 2.93. The summed E-state index contributed by atoms with van der Waals surface area (Å²) in [7, 11) is 0. The van der Waals surface area contributed by atoms with Crippen LogP contribution in [0.5, 0.6) is 0 Å². The summed E-state index contributed by atoms with van der Waals surface area (Å²) in [5.41, 5.74) is 3.94. The van der Waals surface area contributed by atoms with E-state index in [1.807, 2.05) is 58.0 Å². The van der Waals surface area contributed by atoms with Crippen LogP contribution in [0.2, 0.25) is 0 Å². The Bertz CT molecular complexity index is 1040. The van der Waals surface area contributed by atoms with E-state index < -0.39 is 53.2 Å². The van der Waals surface area contributed by atoms with Crippen molar-refractivity contribution in [2.75, 3.05) is 6.61 Å². The molecule has 0 saturated carbocycles. The molecule has 0 radical (unpaired) electrons. The smallest absolute Gasteiger partial charge is 0.303 e. The minimum atomic E-state index is -1.58. The fourth-order valence-corrected chi connectivity index (χ4v) is 5.58. The summed E-state index contributed by atoms with van der Waals surface area (Å²) in [6, 6.07) is 9.33. The summed E-state index contributed by atoms with van der Waals surface area (Å²) in [5, 5.41) is 0. The van der Waals surface area contributed by atoms with Gasteiger partial charge in [0.1, 0.15) is 0 Å². The van der Waals surface area contributed by atoms with E-state index in [2.05, 4.69) is 10.9 Å². The number of hydrogen-bond acceptors (Lipinski definition) is 8. The molecule has 2 amide bonds. The Morgan fingerprint density at radius 2 is 1.73 bits per heavy atom. The molecule has 4 N–H and O–H groups in total. The molecule has 1 aromatic rings. The van der Waals surface area contributed by atoms with E-state index >= 15 is 0 Å². The molecule has 0 aromatic heterocycles. The Balaban J connectivity index is 2.78. The van der Waals surface area contributed by atoms with Gasteiger partial charge in [-0.15, -0.1) is 0 Å². The van der Waals surface area contributed by atoms with Gasteiger partial charge in [-0.25, -0.2) is 16.2 Å². The second-order valence-electron chi connectivity index (χ2n) is 11.6. The number of nitrogens with two attached hydrogens (primary N) is 1. The highest BCUT2D eigenvalue weighted by molar-refractivity contribution is 5.99. The number of carbonyl (C=O) groups excluding carboxylic acids is 4. The monoisotopic (exact) mass is 573 g/mol. The number of benzene rings is 1. The number of rotatable bonds is 15. The molecule has 0 aliphatic carbocycles. The van der Waals surface area contributed by atoms with Gasteiger partial charge in [0.05, 0.1) is 17.3 Å². The zero-order valence-corrected chi connectivity index (χ0v) is 25.2. The van der Waals surface area contributed by atoms with Gasteiger partial charge in [0.15, 0.2) is 18.2 Å². The van der Waals surface area contributed by atoms with Crippen molar-refractivity contribution in [2.45, 2.75) is 86.0 Å². The molecule has 2 unspecified atom stereocenters. The summed E-state index contributed by atoms with van der Waals surface area (Å²) in [5.74, 6) is 0.878. The predicted octanol–water partition coefficient (Wildman–Crippen LogP) is 4.10. The van der Waals surface area contributed by atoms with Crippen LogP contribution in [-0.2, 0) is 33.5 Å². The lowest BCUT2D eigenvalue weighted by Crippen LogP contribution is -2.56. The normalized spacial score (nSPS) is 19.3. The first-order valence-electron chi connectivity index (χ1n) is 14.4. The van der Waals surface area contributed by atoms with Crippen molar-refractivity contribution < 1.29 is 33.5 Å². The topological polar surface area (TPSA) is 146 Å². The molecular weight excluding hydrogens is 526 g/mol. The number of amides is 2. The number of hydrogen-bond donors (Lipinski definition) is 3. The molecule has 1 heterocycles. The van der Waals surface area contributed by atoms with Crippen LogP contribution in [0.25, 0.3) is 6.08 Å². The Labute approximate surface area is 243 Å². The van der Waals surface area contributed by atoms with Crippen LogP contribution in [0.15, 0.2) is 36.4 Å². The molecule has 1 fully saturated rings. The first-order valence-corrected chi connectivity index (χ1v) is 14.4. The molecular formula is C31H47N3O7. The van der Waals surface area contributed by atoms with E-state index in [-0.39, 0.29) is 24.7 Å². The zero-order valence-electron chi connectivity index (χ0n) is 25.2. The third kappa shape index (κ3) is 10.1. The highest BCUT2D eigenvalue weighted by Crippen LogP contribution is 2.45. The molecule has 1 aromatic carbocycles. The fourth-order valence-electron chi connectivity index (χ4n) is 5.58. The average molecular weight is 574 g/mol. The van der Waals surface area contributed by atoms with E-state index in [1.165, 1.54) is 13.8 Å². The number of nitrogens with one attached hydrogen (secondary N) is 2. The lowest BCUT2D eigenvalue weighted by molar-refractivity contribution is -0.205. The fraction of sp³-hybridized carbons (Fsp3) is 0.613. The lowest BCUT2D eigenvalue weighted by atomic mass is 9.60. The first-order chi connectivity index (χ1) is 19.4. The highest BCUT2D eigenvalue weighted by Gasteiger charge is 2.54. The number of allylic oxidation sites excluding steroid dienone is 1. The van der Waals surface area contributed by atoms with Crippen molar-refractivity contribution in [3.05, 3.63) is 42.0 Å². The van der Waals surface area contributed by atoms with Gasteiger partial charge in [0.2, 0.25) is 11.8 Å². The minimum absolute atomic E-state index is 0.0222. The van der Waals surface area contributed by atoms with Crippen LogP contribution in [-0.4, -0.2) is 42.6 Å². The van der Waals surface area contributed by atoms with E-state index in [0.717, 1.165) is 18.4 Å². The standard InChI is InChI=1S/C31H47N3O7/c1-20(2)18-25(29(37)33-32)27(30(38)34-41-26-14-10-11-17-39-26)31(19-21(3)4,28(36)22(5)40-23(6)35)16-15-24-12-8-7-9-13-24/h7-9,12-13,15-16,20-22,25-27H,10-11,14,17-19,32H2,1-6H3,(H,33,37)(H,34,38)/b16-15+/t22-,25-,26?,27-,31?/m1/s1. The number of hydroxylamine groups is 1. The number of carbonyl (C=O) groups is 4. The van der Waals surface area contributed by atoms with E-state index in [9.17, 15) is 19.2 Å². The Morgan fingerprint density at radius 1 is 1.05 bits per heavy atom. The first kappa shape index (κ1) is 34.1. The molecule has 1 aliphatic heterocycles. The van der Waals surface area contributed by atoms with E-state index in [1.54, 1.807) is 12.2 Å². The van der Waals surface area contributed by atoms with Crippen LogP contribution in [0.1, 0.15) is 79.2 Å². The summed E-state index contributed by atoms with van der Waals surface area (Å²) in [6.07, 6.45) is 4.43. The van der Waals surface area contributed by atoms with Gasteiger partial charge in [-0.3, -0.25) is 24.6 Å². The zero-order chi connectivity index (χ0) is 30.6. The van der Waals surface area contributed by atoms with Gasteiger partial charge in [-0.05, 0) is 50.0 Å². The maximum Gasteiger partial charge on any atom is 0.303 e. The van der Waals surface area contributed by atoms with Gasteiger partial charge in [0.25, 0.3) is 0 Å².